The van der Waals surface area contributed by atoms with Crippen molar-refractivity contribution in [3.63, 3.8) is 0 Å². The Balaban J connectivity index is 0.000000452. The number of rotatable bonds is 8. The maximum atomic E-state index is 13.3. The first-order valence-corrected chi connectivity index (χ1v) is 18.2. The van der Waals surface area contributed by atoms with Crippen molar-refractivity contribution in [2.24, 2.45) is 17.8 Å². The van der Waals surface area contributed by atoms with Crippen LogP contribution in [0.3, 0.4) is 0 Å². The van der Waals surface area contributed by atoms with Crippen molar-refractivity contribution in [3.8, 4) is 0 Å². The number of carboxylic acid groups (broad SMARTS) is 1. The van der Waals surface area contributed by atoms with Gasteiger partial charge in [-0.15, -0.1) is 0 Å². The average Bonchev–Trinajstić information content (AvgIpc) is 3.05. The summed E-state index contributed by atoms with van der Waals surface area (Å²) in [6.45, 7) is 14.9. The summed E-state index contributed by atoms with van der Waals surface area (Å²) in [7, 11) is 0. The number of hydrogen-bond acceptors (Lipinski definition) is 8. The van der Waals surface area contributed by atoms with E-state index in [1.54, 1.807) is 0 Å². The molecule has 1 atom stereocenters. The number of ether oxygens (including phenoxy) is 2. The Labute approximate surface area is 289 Å². The lowest BCUT2D eigenvalue weighted by atomic mass is 9.74. The highest BCUT2D eigenvalue weighted by Crippen LogP contribution is 2.44. The molecule has 11 nitrogen and oxygen atoms in total. The van der Waals surface area contributed by atoms with E-state index in [1.165, 1.54) is 12.7 Å². The van der Waals surface area contributed by atoms with Crippen LogP contribution in [0.25, 0.3) is 0 Å². The van der Waals surface area contributed by atoms with Gasteiger partial charge < -0.3 is 24.4 Å². The third-order valence-corrected chi connectivity index (χ3v) is 11.8. The lowest BCUT2D eigenvalue weighted by molar-refractivity contribution is -0.165. The molecule has 4 saturated heterocycles. The van der Waals surface area contributed by atoms with Crippen LogP contribution in [0.15, 0.2) is 6.33 Å². The number of aromatic nitrogens is 2. The zero-order valence-corrected chi connectivity index (χ0v) is 29.7. The van der Waals surface area contributed by atoms with Crippen molar-refractivity contribution in [1.82, 2.24) is 24.7 Å². The minimum atomic E-state index is -2.71. The molecule has 1 aromatic heterocycles. The number of likely N-dealkylation sites (tertiary alicyclic amines) is 2. The number of piperidine rings is 2. The summed E-state index contributed by atoms with van der Waals surface area (Å²) < 4.78 is 35.7. The molecule has 2 amide bonds. The lowest BCUT2D eigenvalue weighted by Crippen LogP contribution is -2.64. The standard InChI is InChI=1S/C31H49N5O4.C5H6F2O2/c1-5-6-7-26-21-35(20-25-8-18-39-19-9-25)29(38)40-31(26)12-16-36(17-13-31)30(4)10-14-34(15-11-30)28(37)27-23(2)32-22-33-24(27)3;6-5(7)1-3(2-5)4(8)9/h22,25-26H,5-21H2,1-4H3;3H,1-2H2,(H,8,9)/t26-;/m0./s1. The molecule has 13 heteroatoms. The van der Waals surface area contributed by atoms with Crippen LogP contribution >= 0.6 is 0 Å². The molecule has 1 aromatic rings. The first-order valence-electron chi connectivity index (χ1n) is 18.2. The molecule has 4 aliphatic heterocycles. The molecular weight excluding hydrogens is 636 g/mol. The van der Waals surface area contributed by atoms with Gasteiger partial charge in [0.2, 0.25) is 5.92 Å². The SMILES string of the molecule is CCCC[C@H]1CN(CC2CCOCC2)C(=O)OC12CCN(C1(C)CCN(C(=O)c3c(C)ncnc3C)CC1)CC2.O=C(O)C1CC(F)(F)C1. The minimum absolute atomic E-state index is 0.0440. The summed E-state index contributed by atoms with van der Waals surface area (Å²) in [5.41, 5.74) is 1.84. The van der Waals surface area contributed by atoms with Crippen LogP contribution in [0, 0.1) is 31.6 Å². The lowest BCUT2D eigenvalue weighted by Gasteiger charge is -2.55. The Morgan fingerprint density at radius 3 is 2.14 bits per heavy atom. The zero-order chi connectivity index (χ0) is 35.4. The largest absolute Gasteiger partial charge is 0.481 e. The van der Waals surface area contributed by atoms with Crippen molar-refractivity contribution in [2.45, 2.75) is 115 Å². The van der Waals surface area contributed by atoms with E-state index in [0.29, 0.717) is 17.4 Å². The van der Waals surface area contributed by atoms with E-state index in [4.69, 9.17) is 14.6 Å². The van der Waals surface area contributed by atoms with Crippen molar-refractivity contribution >= 4 is 18.0 Å². The molecule has 5 heterocycles. The number of amides is 2. The van der Waals surface area contributed by atoms with Crippen LogP contribution in [0.4, 0.5) is 13.6 Å². The smallest absolute Gasteiger partial charge is 0.410 e. The second kappa shape index (κ2) is 15.5. The van der Waals surface area contributed by atoms with Crippen molar-refractivity contribution in [3.05, 3.63) is 23.3 Å². The summed E-state index contributed by atoms with van der Waals surface area (Å²) in [6.07, 6.45) is 9.64. The Morgan fingerprint density at radius 2 is 1.61 bits per heavy atom. The van der Waals surface area contributed by atoms with Gasteiger partial charge in [0.15, 0.2) is 0 Å². The molecule has 5 aliphatic rings. The van der Waals surface area contributed by atoms with Crippen molar-refractivity contribution in [1.29, 1.82) is 0 Å². The molecule has 49 heavy (non-hydrogen) atoms. The van der Waals surface area contributed by atoms with Crippen LogP contribution in [0.1, 0.15) is 106 Å². The number of carbonyl (C=O) groups is 3. The van der Waals surface area contributed by atoms with Gasteiger partial charge in [-0.1, -0.05) is 19.8 Å². The Bertz CT molecular complexity index is 1300. The van der Waals surface area contributed by atoms with E-state index >= 15 is 0 Å². The average molecular weight is 692 g/mol. The van der Waals surface area contributed by atoms with Gasteiger partial charge in [0, 0.05) is 89.6 Å². The molecule has 6 rings (SSSR count). The molecule has 1 aliphatic carbocycles. The Morgan fingerprint density at radius 1 is 1.00 bits per heavy atom. The number of aryl methyl sites for hydroxylation is 2. The summed E-state index contributed by atoms with van der Waals surface area (Å²) >= 11 is 0. The fourth-order valence-electron chi connectivity index (χ4n) is 8.36. The van der Waals surface area contributed by atoms with E-state index in [0.717, 1.165) is 115 Å². The van der Waals surface area contributed by atoms with Crippen LogP contribution < -0.4 is 0 Å². The number of unbranched alkanes of at least 4 members (excludes halogenated alkanes) is 1. The topological polar surface area (TPSA) is 125 Å². The Hall–Kier alpha value is -2.93. The van der Waals surface area contributed by atoms with Gasteiger partial charge in [-0.05, 0) is 58.8 Å². The first kappa shape index (κ1) is 37.3. The number of halogens is 2. The van der Waals surface area contributed by atoms with Crippen LogP contribution in [-0.2, 0) is 14.3 Å². The molecule has 1 saturated carbocycles. The van der Waals surface area contributed by atoms with Crippen molar-refractivity contribution in [2.75, 3.05) is 52.5 Å². The van der Waals surface area contributed by atoms with Gasteiger partial charge in [-0.3, -0.25) is 14.5 Å². The first-order chi connectivity index (χ1) is 23.3. The second-order valence-corrected chi connectivity index (χ2v) is 15.2. The summed E-state index contributed by atoms with van der Waals surface area (Å²) in [5.74, 6) is -3.67. The minimum Gasteiger partial charge on any atom is -0.481 e. The fraction of sp³-hybridized carbons (Fsp3) is 0.806. The zero-order valence-electron chi connectivity index (χ0n) is 29.7. The van der Waals surface area contributed by atoms with E-state index in [9.17, 15) is 23.2 Å². The van der Waals surface area contributed by atoms with Gasteiger partial charge in [0.25, 0.3) is 5.91 Å². The van der Waals surface area contributed by atoms with Crippen LogP contribution in [-0.4, -0.2) is 117 Å². The predicted octanol–water partition coefficient (Wildman–Crippen LogP) is 5.72. The van der Waals surface area contributed by atoms with Gasteiger partial charge in [-0.25, -0.2) is 23.5 Å². The normalized spacial score (nSPS) is 25.6. The maximum Gasteiger partial charge on any atom is 0.410 e. The maximum absolute atomic E-state index is 13.3. The highest BCUT2D eigenvalue weighted by Gasteiger charge is 2.52. The van der Waals surface area contributed by atoms with Gasteiger partial charge in [0.05, 0.1) is 22.9 Å². The van der Waals surface area contributed by atoms with Crippen molar-refractivity contribution < 1.29 is 37.7 Å². The number of carbonyl (C=O) groups excluding carboxylic acids is 2. The van der Waals surface area contributed by atoms with Crippen LogP contribution in [0.5, 0.6) is 0 Å². The van der Waals surface area contributed by atoms with E-state index < -0.39 is 30.7 Å². The quantitative estimate of drug-likeness (QED) is 0.364. The summed E-state index contributed by atoms with van der Waals surface area (Å²) in [5, 5.41) is 8.13. The molecule has 0 unspecified atom stereocenters. The number of alkyl halides is 2. The van der Waals surface area contributed by atoms with Gasteiger partial charge in [-0.2, -0.15) is 0 Å². The monoisotopic (exact) mass is 691 g/mol. The fourth-order valence-corrected chi connectivity index (χ4v) is 8.36. The number of carboxylic acids is 1. The highest BCUT2D eigenvalue weighted by atomic mass is 19.3. The molecular formula is C36H55F2N5O6. The van der Waals surface area contributed by atoms with E-state index in [-0.39, 0.29) is 23.1 Å². The predicted molar refractivity (Wildman–Crippen MR) is 179 cm³/mol. The third kappa shape index (κ3) is 8.69. The second-order valence-electron chi connectivity index (χ2n) is 15.2. The van der Waals surface area contributed by atoms with Gasteiger partial charge in [0.1, 0.15) is 11.9 Å². The van der Waals surface area contributed by atoms with Gasteiger partial charge >= 0.3 is 12.1 Å². The molecule has 1 spiro atoms. The summed E-state index contributed by atoms with van der Waals surface area (Å²) in [6, 6.07) is 0. The Kier molecular flexibility index (Phi) is 11.8. The molecule has 274 valence electrons. The van der Waals surface area contributed by atoms with Crippen LogP contribution in [0.2, 0.25) is 0 Å². The third-order valence-electron chi connectivity index (χ3n) is 11.8. The summed E-state index contributed by atoms with van der Waals surface area (Å²) in [4.78, 5) is 51.6. The molecule has 0 bridgehead atoms. The molecule has 0 radical (unpaired) electrons. The molecule has 5 fully saturated rings. The molecule has 0 aromatic carbocycles. The highest BCUT2D eigenvalue weighted by molar-refractivity contribution is 5.96. The molecule has 1 N–H and O–H groups in total. The number of aliphatic carboxylic acids is 1. The van der Waals surface area contributed by atoms with E-state index in [2.05, 4.69) is 28.7 Å². The number of nitrogens with zero attached hydrogens (tertiary/aromatic N) is 5. The number of hydrogen-bond donors (Lipinski definition) is 1. The van der Waals surface area contributed by atoms with E-state index in [1.807, 2.05) is 23.6 Å².